The van der Waals surface area contributed by atoms with Crippen molar-refractivity contribution < 1.29 is 0 Å². The van der Waals surface area contributed by atoms with Gasteiger partial charge in [-0.25, -0.2) is 4.98 Å². The summed E-state index contributed by atoms with van der Waals surface area (Å²) in [5, 5.41) is 9.41. The van der Waals surface area contributed by atoms with Crippen molar-refractivity contribution in [2.45, 2.75) is 0 Å². The van der Waals surface area contributed by atoms with Crippen molar-refractivity contribution in [3.63, 3.8) is 0 Å². The zero-order valence-electron chi connectivity index (χ0n) is 28.0. The molecule has 8 aromatic carbocycles. The zero-order chi connectivity index (χ0) is 34.2. The molecule has 0 radical (unpaired) electrons. The fraction of sp³-hybridized carbons (Fsp3) is 0. The molecular formula is C47H29N5. The second-order valence-corrected chi connectivity index (χ2v) is 13.3. The average Bonchev–Trinajstić information content (AvgIpc) is 3.73. The predicted octanol–water partition coefficient (Wildman–Crippen LogP) is 11.7. The van der Waals surface area contributed by atoms with Crippen LogP contribution in [0.4, 0.5) is 0 Å². The van der Waals surface area contributed by atoms with Gasteiger partial charge in [-0.15, -0.1) is 0 Å². The Bertz CT molecular complexity index is 3130. The highest BCUT2D eigenvalue weighted by Gasteiger charge is 2.21. The van der Waals surface area contributed by atoms with Crippen molar-refractivity contribution in [2.75, 3.05) is 0 Å². The van der Waals surface area contributed by atoms with E-state index in [0.29, 0.717) is 17.6 Å². The molecule has 0 N–H and O–H groups in total. The Morgan fingerprint density at radius 1 is 0.346 bits per heavy atom. The third kappa shape index (κ3) is 4.26. The minimum absolute atomic E-state index is 0.575. The van der Waals surface area contributed by atoms with Crippen LogP contribution in [-0.4, -0.2) is 24.1 Å². The van der Waals surface area contributed by atoms with Crippen LogP contribution in [0.2, 0.25) is 0 Å². The van der Waals surface area contributed by atoms with E-state index in [1.165, 1.54) is 38.0 Å². The highest BCUT2D eigenvalue weighted by molar-refractivity contribution is 6.21. The van der Waals surface area contributed by atoms with Crippen molar-refractivity contribution in [1.82, 2.24) is 24.1 Å². The Morgan fingerprint density at radius 3 is 1.73 bits per heavy atom. The van der Waals surface area contributed by atoms with Gasteiger partial charge in [0.1, 0.15) is 0 Å². The highest BCUT2D eigenvalue weighted by Crippen LogP contribution is 2.40. The Balaban J connectivity index is 1.27. The zero-order valence-corrected chi connectivity index (χ0v) is 28.0. The summed E-state index contributed by atoms with van der Waals surface area (Å²) in [5.74, 6) is 1.84. The molecule has 0 aliphatic heterocycles. The van der Waals surface area contributed by atoms with Gasteiger partial charge in [-0.3, -0.25) is 4.57 Å². The first-order valence-electron chi connectivity index (χ1n) is 17.5. The average molecular weight is 664 g/mol. The predicted molar refractivity (Wildman–Crippen MR) is 214 cm³/mol. The van der Waals surface area contributed by atoms with E-state index < -0.39 is 0 Å². The van der Waals surface area contributed by atoms with E-state index in [-0.39, 0.29) is 0 Å². The number of nitrogens with zero attached hydrogens (tertiary/aromatic N) is 5. The fourth-order valence-corrected chi connectivity index (χ4v) is 8.05. The number of para-hydroxylation sites is 2. The van der Waals surface area contributed by atoms with Crippen LogP contribution < -0.4 is 0 Å². The summed E-state index contributed by atoms with van der Waals surface area (Å²) in [7, 11) is 0. The normalized spacial score (nSPS) is 11.8. The van der Waals surface area contributed by atoms with Gasteiger partial charge in [0.25, 0.3) is 0 Å². The largest absolute Gasteiger partial charge is 0.309 e. The van der Waals surface area contributed by atoms with Crippen LogP contribution in [-0.2, 0) is 0 Å². The van der Waals surface area contributed by atoms with Crippen molar-refractivity contribution in [3.8, 4) is 34.4 Å². The summed E-state index contributed by atoms with van der Waals surface area (Å²) in [6.45, 7) is 0. The molecule has 3 aromatic heterocycles. The molecule has 0 spiro atoms. The van der Waals surface area contributed by atoms with E-state index in [2.05, 4.69) is 167 Å². The lowest BCUT2D eigenvalue weighted by molar-refractivity contribution is 0.954. The van der Waals surface area contributed by atoms with Gasteiger partial charge in [-0.1, -0.05) is 146 Å². The summed E-state index contributed by atoms with van der Waals surface area (Å²) < 4.78 is 4.60. The van der Waals surface area contributed by atoms with Gasteiger partial charge in [0, 0.05) is 38.4 Å². The molecule has 0 atom stereocenters. The molecule has 3 heterocycles. The van der Waals surface area contributed by atoms with Crippen LogP contribution in [0.1, 0.15) is 0 Å². The molecule has 0 bridgehead atoms. The van der Waals surface area contributed by atoms with Crippen molar-refractivity contribution >= 4 is 65.2 Å². The van der Waals surface area contributed by atoms with Crippen LogP contribution in [0.5, 0.6) is 0 Å². The summed E-state index contributed by atoms with van der Waals surface area (Å²) in [4.78, 5) is 15.7. The van der Waals surface area contributed by atoms with Crippen molar-refractivity contribution in [3.05, 3.63) is 176 Å². The van der Waals surface area contributed by atoms with E-state index in [0.717, 1.165) is 44.0 Å². The van der Waals surface area contributed by atoms with E-state index >= 15 is 0 Å². The van der Waals surface area contributed by atoms with Crippen molar-refractivity contribution in [2.24, 2.45) is 0 Å². The first kappa shape index (κ1) is 28.7. The number of fused-ring (bicyclic) bond motifs is 9. The quantitative estimate of drug-likeness (QED) is 0.188. The molecule has 0 fully saturated rings. The minimum Gasteiger partial charge on any atom is -0.309 e. The fourth-order valence-electron chi connectivity index (χ4n) is 8.05. The third-order valence-corrected chi connectivity index (χ3v) is 10.4. The molecule has 52 heavy (non-hydrogen) atoms. The topological polar surface area (TPSA) is 48.5 Å². The Labute approximate surface area is 298 Å². The summed E-state index contributed by atoms with van der Waals surface area (Å²) >= 11 is 0. The van der Waals surface area contributed by atoms with Gasteiger partial charge in [0.2, 0.25) is 5.95 Å². The molecule has 5 nitrogen and oxygen atoms in total. The Morgan fingerprint density at radius 2 is 0.962 bits per heavy atom. The van der Waals surface area contributed by atoms with Gasteiger partial charge in [-0.2, -0.15) is 9.97 Å². The van der Waals surface area contributed by atoms with Crippen LogP contribution in [0.15, 0.2) is 176 Å². The first-order valence-corrected chi connectivity index (χ1v) is 17.5. The van der Waals surface area contributed by atoms with Gasteiger partial charge < -0.3 is 4.57 Å². The molecule has 0 amide bonds. The van der Waals surface area contributed by atoms with Gasteiger partial charge in [-0.05, 0) is 51.9 Å². The Kier molecular flexibility index (Phi) is 6.18. The molecule has 0 aliphatic carbocycles. The van der Waals surface area contributed by atoms with Gasteiger partial charge >= 0.3 is 0 Å². The van der Waals surface area contributed by atoms with E-state index in [4.69, 9.17) is 15.0 Å². The van der Waals surface area contributed by atoms with Crippen LogP contribution in [0.25, 0.3) is 99.6 Å². The molecular weight excluding hydrogens is 635 g/mol. The van der Waals surface area contributed by atoms with Crippen molar-refractivity contribution in [1.29, 1.82) is 0 Å². The standard InChI is InChI=1S/C47H29N5/c1-2-15-32(16-3-1)45-48-46(38-22-12-17-30-13-4-6-18-34(30)38)50-47(49-45)52-42-28-25-31-14-5-7-19-35(31)44(42)39-27-26-33(29-43(39)52)51-40-23-10-8-20-36(40)37-21-9-11-24-41(37)51/h1-29H. The Hall–Kier alpha value is -7.11. The molecule has 242 valence electrons. The molecule has 0 aliphatic rings. The maximum absolute atomic E-state index is 5.33. The number of benzene rings is 8. The number of aromatic nitrogens is 5. The van der Waals surface area contributed by atoms with Crippen LogP contribution in [0.3, 0.4) is 0 Å². The molecule has 0 saturated heterocycles. The lowest BCUT2D eigenvalue weighted by Crippen LogP contribution is -2.07. The summed E-state index contributed by atoms with van der Waals surface area (Å²) in [6, 6.07) is 62.0. The maximum Gasteiger partial charge on any atom is 0.238 e. The third-order valence-electron chi connectivity index (χ3n) is 10.4. The number of hydrogen-bond donors (Lipinski definition) is 0. The minimum atomic E-state index is 0.575. The second kappa shape index (κ2) is 11.2. The summed E-state index contributed by atoms with van der Waals surface area (Å²) in [5.41, 5.74) is 7.38. The van der Waals surface area contributed by atoms with Gasteiger partial charge in [0.15, 0.2) is 11.6 Å². The van der Waals surface area contributed by atoms with E-state index in [9.17, 15) is 0 Å². The summed E-state index contributed by atoms with van der Waals surface area (Å²) in [6.07, 6.45) is 0. The molecule has 0 unspecified atom stereocenters. The maximum atomic E-state index is 5.33. The lowest BCUT2D eigenvalue weighted by Gasteiger charge is -2.13. The first-order chi connectivity index (χ1) is 25.8. The van der Waals surface area contributed by atoms with Crippen LogP contribution >= 0.6 is 0 Å². The second-order valence-electron chi connectivity index (χ2n) is 13.3. The van der Waals surface area contributed by atoms with Crippen LogP contribution in [0, 0.1) is 0 Å². The van der Waals surface area contributed by atoms with Gasteiger partial charge in [0.05, 0.1) is 22.1 Å². The monoisotopic (exact) mass is 663 g/mol. The molecule has 11 aromatic rings. The number of hydrogen-bond acceptors (Lipinski definition) is 3. The lowest BCUT2D eigenvalue weighted by atomic mass is 10.0. The van der Waals surface area contributed by atoms with E-state index in [1.807, 2.05) is 18.2 Å². The smallest absolute Gasteiger partial charge is 0.238 e. The number of rotatable bonds is 4. The molecule has 0 saturated carbocycles. The van der Waals surface area contributed by atoms with E-state index in [1.54, 1.807) is 0 Å². The highest BCUT2D eigenvalue weighted by atomic mass is 15.2. The molecule has 11 rings (SSSR count). The molecule has 5 heteroatoms. The SMILES string of the molecule is c1ccc(-c2nc(-c3cccc4ccccc34)nc(-n3c4cc(-n5c6ccccc6c6ccccc65)ccc4c4c5ccccc5ccc43)n2)cc1.